The van der Waals surface area contributed by atoms with Gasteiger partial charge < -0.3 is 20.9 Å². The summed E-state index contributed by atoms with van der Waals surface area (Å²) >= 11 is 5.78. The second-order valence-electron chi connectivity index (χ2n) is 5.32. The lowest BCUT2D eigenvalue weighted by molar-refractivity contribution is 0.628. The van der Waals surface area contributed by atoms with E-state index in [2.05, 4.69) is 25.6 Å². The number of aromatic nitrogens is 4. The largest absolute Gasteiger partial charge is 0.393 e. The molecule has 0 fully saturated rings. The van der Waals surface area contributed by atoms with Gasteiger partial charge in [0, 0.05) is 31.2 Å². The van der Waals surface area contributed by atoms with Gasteiger partial charge in [-0.15, -0.1) is 0 Å². The summed E-state index contributed by atoms with van der Waals surface area (Å²) in [6, 6.07) is 4.30. The maximum atomic E-state index is 13.2. The Morgan fingerprint density at radius 3 is 2.84 bits per heavy atom. The average molecular weight is 362 g/mol. The summed E-state index contributed by atoms with van der Waals surface area (Å²) in [5, 5.41) is 6.22. The van der Waals surface area contributed by atoms with Crippen LogP contribution >= 0.6 is 11.6 Å². The van der Waals surface area contributed by atoms with Crippen molar-refractivity contribution < 1.29 is 4.39 Å². The van der Waals surface area contributed by atoms with Crippen LogP contribution in [0.15, 0.2) is 43.2 Å². The number of nitrogen functional groups attached to an aromatic ring is 1. The minimum Gasteiger partial charge on any atom is -0.393 e. The first-order valence-corrected chi connectivity index (χ1v) is 8.03. The SMILES string of the molecule is Nc1c(NCCCn2ccnc2)ncnc1Nc1ccc(F)c(Cl)c1. The van der Waals surface area contributed by atoms with Gasteiger partial charge in [-0.05, 0) is 24.6 Å². The van der Waals surface area contributed by atoms with E-state index in [1.54, 1.807) is 18.6 Å². The Morgan fingerprint density at radius 2 is 2.08 bits per heavy atom. The Kier molecular flexibility index (Phi) is 5.30. The van der Waals surface area contributed by atoms with Gasteiger partial charge in [-0.25, -0.2) is 19.3 Å². The van der Waals surface area contributed by atoms with Crippen molar-refractivity contribution in [3.05, 3.63) is 54.1 Å². The molecule has 0 saturated heterocycles. The second-order valence-corrected chi connectivity index (χ2v) is 5.73. The summed E-state index contributed by atoms with van der Waals surface area (Å²) in [6.07, 6.45) is 7.72. The summed E-state index contributed by atoms with van der Waals surface area (Å²) in [5.41, 5.74) is 7.07. The van der Waals surface area contributed by atoms with E-state index in [0.717, 1.165) is 13.0 Å². The Balaban J connectivity index is 1.61. The smallest absolute Gasteiger partial charge is 0.159 e. The number of imidazole rings is 1. The zero-order valence-corrected chi connectivity index (χ0v) is 14.0. The van der Waals surface area contributed by atoms with Gasteiger partial charge in [-0.3, -0.25) is 0 Å². The molecule has 1 aromatic carbocycles. The Morgan fingerprint density at radius 1 is 1.24 bits per heavy atom. The number of hydrogen-bond acceptors (Lipinski definition) is 6. The van der Waals surface area contributed by atoms with Gasteiger partial charge in [0.2, 0.25) is 0 Å². The van der Waals surface area contributed by atoms with Crippen LogP contribution in [0.2, 0.25) is 5.02 Å². The summed E-state index contributed by atoms with van der Waals surface area (Å²) in [5.74, 6) is 0.481. The van der Waals surface area contributed by atoms with Gasteiger partial charge in [-0.2, -0.15) is 0 Å². The Hall–Kier alpha value is -2.87. The van der Waals surface area contributed by atoms with Gasteiger partial charge in [0.1, 0.15) is 17.8 Å². The molecule has 3 rings (SSSR count). The number of nitrogens with two attached hydrogens (primary N) is 1. The summed E-state index contributed by atoms with van der Waals surface area (Å²) < 4.78 is 15.2. The highest BCUT2D eigenvalue weighted by atomic mass is 35.5. The van der Waals surface area contributed by atoms with E-state index >= 15 is 0 Å². The third-order valence-electron chi connectivity index (χ3n) is 3.51. The van der Waals surface area contributed by atoms with Crippen LogP contribution in [0.5, 0.6) is 0 Å². The lowest BCUT2D eigenvalue weighted by Crippen LogP contribution is -2.10. The first kappa shape index (κ1) is 17.0. The van der Waals surface area contributed by atoms with Crippen LogP contribution in [0.25, 0.3) is 0 Å². The van der Waals surface area contributed by atoms with Crippen molar-refractivity contribution in [2.24, 2.45) is 0 Å². The van der Waals surface area contributed by atoms with Crippen molar-refractivity contribution in [1.82, 2.24) is 19.5 Å². The summed E-state index contributed by atoms with van der Waals surface area (Å²) in [4.78, 5) is 12.3. The minimum atomic E-state index is -0.483. The molecule has 9 heteroatoms. The number of benzene rings is 1. The number of halogens is 2. The van der Waals surface area contributed by atoms with Crippen molar-refractivity contribution in [3.8, 4) is 0 Å². The average Bonchev–Trinajstić information content (AvgIpc) is 3.11. The molecule has 0 unspecified atom stereocenters. The molecule has 0 atom stereocenters. The monoisotopic (exact) mass is 361 g/mol. The van der Waals surface area contributed by atoms with Gasteiger partial charge >= 0.3 is 0 Å². The van der Waals surface area contributed by atoms with Gasteiger partial charge in [-0.1, -0.05) is 11.6 Å². The number of aryl methyl sites for hydroxylation is 1. The molecule has 0 aliphatic heterocycles. The number of anilines is 4. The molecule has 25 heavy (non-hydrogen) atoms. The lowest BCUT2D eigenvalue weighted by Gasteiger charge is -2.13. The molecular formula is C16H17ClFN7. The van der Waals surface area contributed by atoms with Gasteiger partial charge in [0.05, 0.1) is 11.3 Å². The highest BCUT2D eigenvalue weighted by Gasteiger charge is 2.09. The first-order valence-electron chi connectivity index (χ1n) is 7.65. The molecule has 0 amide bonds. The van der Waals surface area contributed by atoms with E-state index in [1.807, 2.05) is 10.8 Å². The van der Waals surface area contributed by atoms with E-state index in [1.165, 1.54) is 18.5 Å². The predicted octanol–water partition coefficient (Wildman–Crippen LogP) is 3.29. The maximum Gasteiger partial charge on any atom is 0.159 e. The van der Waals surface area contributed by atoms with Crippen LogP contribution in [0.1, 0.15) is 6.42 Å². The fourth-order valence-electron chi connectivity index (χ4n) is 2.23. The molecule has 7 nitrogen and oxygen atoms in total. The van der Waals surface area contributed by atoms with Crippen molar-refractivity contribution >= 4 is 34.6 Å². The Bertz CT molecular complexity index is 839. The third kappa shape index (κ3) is 4.36. The topological polar surface area (TPSA) is 93.7 Å². The molecule has 4 N–H and O–H groups in total. The van der Waals surface area contributed by atoms with Crippen molar-refractivity contribution in [2.75, 3.05) is 22.9 Å². The van der Waals surface area contributed by atoms with Crippen LogP contribution in [-0.2, 0) is 6.54 Å². The molecule has 2 aromatic heterocycles. The van der Waals surface area contributed by atoms with Gasteiger partial charge in [0.25, 0.3) is 0 Å². The van der Waals surface area contributed by atoms with Crippen LogP contribution in [-0.4, -0.2) is 26.1 Å². The van der Waals surface area contributed by atoms with Crippen molar-refractivity contribution in [3.63, 3.8) is 0 Å². The molecule has 130 valence electrons. The molecule has 3 aromatic rings. The molecule has 0 saturated carbocycles. The molecule has 0 aliphatic carbocycles. The number of hydrogen-bond donors (Lipinski definition) is 3. The Labute approximate surface area is 149 Å². The second kappa shape index (κ2) is 7.80. The molecule has 0 aliphatic rings. The van der Waals surface area contributed by atoms with Crippen LogP contribution in [0.4, 0.5) is 27.4 Å². The van der Waals surface area contributed by atoms with E-state index < -0.39 is 5.82 Å². The molecule has 0 spiro atoms. The molecular weight excluding hydrogens is 345 g/mol. The molecule has 2 heterocycles. The zero-order valence-electron chi connectivity index (χ0n) is 13.3. The predicted molar refractivity (Wildman–Crippen MR) is 96.5 cm³/mol. The molecule has 0 radical (unpaired) electrons. The van der Waals surface area contributed by atoms with Crippen LogP contribution in [0.3, 0.4) is 0 Å². The highest BCUT2D eigenvalue weighted by Crippen LogP contribution is 2.27. The standard InChI is InChI=1S/C16H17ClFN7/c17-12-8-11(2-3-13(12)18)24-16-14(19)15(22-9-23-16)21-4-1-6-25-7-5-20-10-25/h2-3,5,7-10H,1,4,6,19H2,(H2,21,22,23,24). The molecule has 0 bridgehead atoms. The third-order valence-corrected chi connectivity index (χ3v) is 3.80. The summed E-state index contributed by atoms with van der Waals surface area (Å²) in [6.45, 7) is 1.54. The minimum absolute atomic E-state index is 0.0236. The van der Waals surface area contributed by atoms with E-state index in [4.69, 9.17) is 17.3 Å². The normalized spacial score (nSPS) is 10.6. The number of nitrogens with zero attached hydrogens (tertiary/aromatic N) is 4. The fraction of sp³-hybridized carbons (Fsp3) is 0.188. The highest BCUT2D eigenvalue weighted by molar-refractivity contribution is 6.31. The van der Waals surface area contributed by atoms with E-state index in [-0.39, 0.29) is 5.02 Å². The first-order chi connectivity index (χ1) is 12.1. The van der Waals surface area contributed by atoms with Crippen molar-refractivity contribution in [1.29, 1.82) is 0 Å². The maximum absolute atomic E-state index is 13.2. The summed E-state index contributed by atoms with van der Waals surface area (Å²) in [7, 11) is 0. The van der Waals surface area contributed by atoms with E-state index in [0.29, 0.717) is 29.6 Å². The number of rotatable bonds is 7. The fourth-order valence-corrected chi connectivity index (χ4v) is 2.41. The van der Waals surface area contributed by atoms with Gasteiger partial charge in [0.15, 0.2) is 11.6 Å². The van der Waals surface area contributed by atoms with Crippen LogP contribution in [0, 0.1) is 5.82 Å². The zero-order chi connectivity index (χ0) is 17.6. The quantitative estimate of drug-likeness (QED) is 0.559. The van der Waals surface area contributed by atoms with Crippen molar-refractivity contribution in [2.45, 2.75) is 13.0 Å². The lowest BCUT2D eigenvalue weighted by atomic mass is 10.3. The van der Waals surface area contributed by atoms with Crippen LogP contribution < -0.4 is 16.4 Å². The number of nitrogens with one attached hydrogen (secondary N) is 2. The van der Waals surface area contributed by atoms with E-state index in [9.17, 15) is 4.39 Å².